The molecule has 0 aromatic heterocycles. The van der Waals surface area contributed by atoms with Gasteiger partial charge in [-0.2, -0.15) is 0 Å². The molecule has 3 rings (SSSR count). The van der Waals surface area contributed by atoms with E-state index in [1.807, 2.05) is 4.90 Å². The molecule has 0 atom stereocenters. The highest BCUT2D eigenvalue weighted by Crippen LogP contribution is 2.26. The second-order valence-corrected chi connectivity index (χ2v) is 7.35. The molecule has 9 heteroatoms. The summed E-state index contributed by atoms with van der Waals surface area (Å²) < 4.78 is 40.3. The SMILES string of the molecule is O=C(C[NH+]1CCN(C(=O)C2CCCC2)CC1)Nc1ccc(OC(F)(F)F)cc1. The van der Waals surface area contributed by atoms with E-state index in [0.29, 0.717) is 31.9 Å². The Morgan fingerprint density at radius 2 is 1.71 bits per heavy atom. The maximum Gasteiger partial charge on any atom is 0.573 e. The van der Waals surface area contributed by atoms with Gasteiger partial charge >= 0.3 is 6.36 Å². The van der Waals surface area contributed by atoms with Gasteiger partial charge in [0.15, 0.2) is 6.54 Å². The molecule has 1 saturated heterocycles. The minimum absolute atomic E-state index is 0.175. The summed E-state index contributed by atoms with van der Waals surface area (Å²) in [6, 6.07) is 5.05. The maximum absolute atomic E-state index is 12.4. The van der Waals surface area contributed by atoms with Crippen LogP contribution in [-0.4, -0.2) is 55.8 Å². The Kier molecular flexibility index (Phi) is 6.43. The van der Waals surface area contributed by atoms with Crippen LogP contribution in [-0.2, 0) is 9.59 Å². The molecule has 1 aliphatic carbocycles. The minimum Gasteiger partial charge on any atom is -0.406 e. The van der Waals surface area contributed by atoms with Crippen LogP contribution in [0, 0.1) is 5.92 Å². The van der Waals surface area contributed by atoms with Crippen molar-refractivity contribution in [3.05, 3.63) is 24.3 Å². The number of benzene rings is 1. The molecule has 154 valence electrons. The highest BCUT2D eigenvalue weighted by atomic mass is 19.4. The third-order valence-electron chi connectivity index (χ3n) is 5.27. The van der Waals surface area contributed by atoms with Crippen molar-refractivity contribution in [3.63, 3.8) is 0 Å². The molecule has 2 fully saturated rings. The second kappa shape index (κ2) is 8.81. The van der Waals surface area contributed by atoms with Crippen LogP contribution >= 0.6 is 0 Å². The monoisotopic (exact) mass is 400 g/mol. The number of halogens is 3. The molecule has 6 nitrogen and oxygen atoms in total. The summed E-state index contributed by atoms with van der Waals surface area (Å²) in [5, 5.41) is 2.68. The fourth-order valence-corrected chi connectivity index (χ4v) is 3.82. The molecule has 0 spiro atoms. The van der Waals surface area contributed by atoms with Crippen LogP contribution < -0.4 is 15.0 Å². The van der Waals surface area contributed by atoms with Gasteiger partial charge in [0.05, 0.1) is 26.2 Å². The molecule has 1 aromatic carbocycles. The van der Waals surface area contributed by atoms with Gasteiger partial charge in [0.2, 0.25) is 5.91 Å². The van der Waals surface area contributed by atoms with Crippen molar-refractivity contribution >= 4 is 17.5 Å². The third kappa shape index (κ3) is 5.85. The smallest absolute Gasteiger partial charge is 0.406 e. The molecule has 0 radical (unpaired) electrons. The number of carbonyl (C=O) groups is 2. The van der Waals surface area contributed by atoms with E-state index in [9.17, 15) is 22.8 Å². The van der Waals surface area contributed by atoms with Crippen LogP contribution in [0.5, 0.6) is 5.75 Å². The van der Waals surface area contributed by atoms with Gasteiger partial charge in [-0.15, -0.1) is 13.2 Å². The molecule has 1 heterocycles. The van der Waals surface area contributed by atoms with Crippen molar-refractivity contribution in [2.45, 2.75) is 32.0 Å². The van der Waals surface area contributed by atoms with Crippen molar-refractivity contribution in [3.8, 4) is 5.75 Å². The van der Waals surface area contributed by atoms with E-state index < -0.39 is 6.36 Å². The maximum atomic E-state index is 12.4. The Hall–Kier alpha value is -2.29. The summed E-state index contributed by atoms with van der Waals surface area (Å²) >= 11 is 0. The number of quaternary nitrogens is 1. The van der Waals surface area contributed by atoms with E-state index in [1.165, 1.54) is 12.1 Å². The van der Waals surface area contributed by atoms with Gasteiger partial charge in [-0.05, 0) is 37.1 Å². The van der Waals surface area contributed by atoms with Gasteiger partial charge in [-0.3, -0.25) is 9.59 Å². The molecule has 0 unspecified atom stereocenters. The van der Waals surface area contributed by atoms with E-state index in [-0.39, 0.29) is 30.0 Å². The molecule has 28 heavy (non-hydrogen) atoms. The normalized spacial score (nSPS) is 18.9. The Balaban J connectivity index is 1.41. The molecule has 2 aliphatic rings. The summed E-state index contributed by atoms with van der Waals surface area (Å²) in [6.07, 6.45) is -0.506. The summed E-state index contributed by atoms with van der Waals surface area (Å²) in [5.41, 5.74) is 0.411. The number of alkyl halides is 3. The lowest BCUT2D eigenvalue weighted by Gasteiger charge is -2.33. The molecule has 1 aliphatic heterocycles. The number of nitrogens with one attached hydrogen (secondary N) is 2. The Bertz CT molecular complexity index is 680. The molecule has 0 bridgehead atoms. The van der Waals surface area contributed by atoms with Crippen LogP contribution in [0.15, 0.2) is 24.3 Å². The van der Waals surface area contributed by atoms with E-state index >= 15 is 0 Å². The Morgan fingerprint density at radius 3 is 2.29 bits per heavy atom. The number of hydrogen-bond acceptors (Lipinski definition) is 3. The van der Waals surface area contributed by atoms with Crippen molar-refractivity contribution < 1.29 is 32.4 Å². The standard InChI is InChI=1S/C19H24F3N3O3/c20-19(21,22)28-16-7-5-15(6-8-16)23-17(26)13-24-9-11-25(12-10-24)18(27)14-3-1-2-4-14/h5-8,14H,1-4,9-13H2,(H,23,26)/p+1. The van der Waals surface area contributed by atoms with Gasteiger partial charge in [-0.25, -0.2) is 0 Å². The first-order valence-electron chi connectivity index (χ1n) is 9.58. The summed E-state index contributed by atoms with van der Waals surface area (Å²) in [5.74, 6) is -0.120. The molecule has 2 amide bonds. The quantitative estimate of drug-likeness (QED) is 0.786. The lowest BCUT2D eigenvalue weighted by Crippen LogP contribution is -3.15. The predicted octanol–water partition coefficient (Wildman–Crippen LogP) is 1.44. The molecular formula is C19H25F3N3O3+. The summed E-state index contributed by atoms with van der Waals surface area (Å²) in [7, 11) is 0. The first-order chi connectivity index (χ1) is 13.3. The highest BCUT2D eigenvalue weighted by Gasteiger charge is 2.32. The van der Waals surface area contributed by atoms with E-state index in [0.717, 1.165) is 42.7 Å². The topological polar surface area (TPSA) is 63.1 Å². The number of hydrogen-bond donors (Lipinski definition) is 2. The van der Waals surface area contributed by atoms with Crippen molar-refractivity contribution in [2.75, 3.05) is 38.0 Å². The number of piperazine rings is 1. The van der Waals surface area contributed by atoms with Crippen molar-refractivity contribution in [2.24, 2.45) is 5.92 Å². The molecule has 1 saturated carbocycles. The van der Waals surface area contributed by atoms with Gasteiger partial charge in [-0.1, -0.05) is 12.8 Å². The van der Waals surface area contributed by atoms with Gasteiger partial charge in [0.25, 0.3) is 5.91 Å². The number of nitrogens with zero attached hydrogens (tertiary/aromatic N) is 1. The van der Waals surface area contributed by atoms with E-state index in [2.05, 4.69) is 10.1 Å². The summed E-state index contributed by atoms with van der Waals surface area (Å²) in [6.45, 7) is 2.99. The Labute approximate surface area is 161 Å². The highest BCUT2D eigenvalue weighted by molar-refractivity contribution is 5.91. The zero-order valence-corrected chi connectivity index (χ0v) is 15.6. The number of ether oxygens (including phenoxy) is 1. The average molecular weight is 400 g/mol. The van der Waals surface area contributed by atoms with Crippen molar-refractivity contribution in [1.29, 1.82) is 0 Å². The third-order valence-corrected chi connectivity index (χ3v) is 5.27. The predicted molar refractivity (Wildman–Crippen MR) is 95.9 cm³/mol. The van der Waals surface area contributed by atoms with Crippen LogP contribution in [0.2, 0.25) is 0 Å². The first kappa shape index (κ1) is 20.4. The number of rotatable bonds is 5. The Morgan fingerprint density at radius 1 is 1.11 bits per heavy atom. The largest absolute Gasteiger partial charge is 0.573 e. The lowest BCUT2D eigenvalue weighted by atomic mass is 10.1. The number of carbonyl (C=O) groups excluding carboxylic acids is 2. The van der Waals surface area contributed by atoms with Crippen molar-refractivity contribution in [1.82, 2.24) is 4.90 Å². The molecular weight excluding hydrogens is 375 g/mol. The minimum atomic E-state index is -4.74. The fourth-order valence-electron chi connectivity index (χ4n) is 3.82. The van der Waals surface area contributed by atoms with Crippen LogP contribution in [0.1, 0.15) is 25.7 Å². The van der Waals surface area contributed by atoms with Gasteiger partial charge in [0, 0.05) is 11.6 Å². The van der Waals surface area contributed by atoms with Crippen LogP contribution in [0.4, 0.5) is 18.9 Å². The lowest BCUT2D eigenvalue weighted by molar-refractivity contribution is -0.895. The second-order valence-electron chi connectivity index (χ2n) is 7.35. The van der Waals surface area contributed by atoms with Crippen LogP contribution in [0.3, 0.4) is 0 Å². The number of amides is 2. The zero-order chi connectivity index (χ0) is 20.1. The molecule has 2 N–H and O–H groups in total. The van der Waals surface area contributed by atoms with E-state index in [4.69, 9.17) is 0 Å². The fraction of sp³-hybridized carbons (Fsp3) is 0.579. The number of anilines is 1. The van der Waals surface area contributed by atoms with Gasteiger partial charge in [0.1, 0.15) is 5.75 Å². The summed E-state index contributed by atoms with van der Waals surface area (Å²) in [4.78, 5) is 27.6. The first-order valence-corrected chi connectivity index (χ1v) is 9.58. The van der Waals surface area contributed by atoms with E-state index in [1.54, 1.807) is 0 Å². The zero-order valence-electron chi connectivity index (χ0n) is 15.6. The van der Waals surface area contributed by atoms with Crippen LogP contribution in [0.25, 0.3) is 0 Å². The average Bonchev–Trinajstić information content (AvgIpc) is 3.17. The van der Waals surface area contributed by atoms with Gasteiger partial charge < -0.3 is 19.9 Å². The molecule has 1 aromatic rings.